The first-order valence-electron chi connectivity index (χ1n) is 11.8. The first kappa shape index (κ1) is 22.8. The molecule has 2 saturated heterocycles. The van der Waals surface area contributed by atoms with Crippen molar-refractivity contribution in [3.8, 4) is 0 Å². The van der Waals surface area contributed by atoms with E-state index in [4.69, 9.17) is 9.47 Å². The van der Waals surface area contributed by atoms with Gasteiger partial charge in [-0.2, -0.15) is 0 Å². The van der Waals surface area contributed by atoms with Gasteiger partial charge in [0.15, 0.2) is 5.96 Å². The number of ether oxygens (including phenoxy) is 2. The summed E-state index contributed by atoms with van der Waals surface area (Å²) in [6.45, 7) is 13.5. The standard InChI is InChI=1S/C23H44N4O2/c1-22(2,3)20-19(9-8-14-29-20)17-25-21(24-4)26-18-23(10-6-5-7-11-23)27-12-15-28-16-13-27/h19-20H,5-18H2,1-4H3,(H2,24,25,26). The van der Waals surface area contributed by atoms with Gasteiger partial charge < -0.3 is 20.1 Å². The number of hydrogen-bond acceptors (Lipinski definition) is 4. The van der Waals surface area contributed by atoms with E-state index in [1.807, 2.05) is 7.05 Å². The molecule has 2 aliphatic heterocycles. The summed E-state index contributed by atoms with van der Waals surface area (Å²) >= 11 is 0. The Morgan fingerprint density at radius 1 is 1.03 bits per heavy atom. The summed E-state index contributed by atoms with van der Waals surface area (Å²) in [5.41, 5.74) is 0.424. The van der Waals surface area contributed by atoms with Crippen LogP contribution in [0.4, 0.5) is 0 Å². The van der Waals surface area contributed by atoms with Gasteiger partial charge in [0.25, 0.3) is 0 Å². The summed E-state index contributed by atoms with van der Waals surface area (Å²) < 4.78 is 11.8. The van der Waals surface area contributed by atoms with Gasteiger partial charge >= 0.3 is 0 Å². The third-order valence-corrected chi connectivity index (χ3v) is 7.10. The predicted octanol–water partition coefficient (Wildman–Crippen LogP) is 3.03. The van der Waals surface area contributed by atoms with E-state index in [0.29, 0.717) is 12.0 Å². The summed E-state index contributed by atoms with van der Waals surface area (Å²) in [6, 6.07) is 0. The molecule has 0 radical (unpaired) electrons. The first-order chi connectivity index (χ1) is 13.9. The highest BCUT2D eigenvalue weighted by molar-refractivity contribution is 5.79. The molecule has 1 saturated carbocycles. The van der Waals surface area contributed by atoms with Crippen LogP contribution < -0.4 is 10.6 Å². The van der Waals surface area contributed by atoms with E-state index >= 15 is 0 Å². The highest BCUT2D eigenvalue weighted by Gasteiger charge is 2.39. The van der Waals surface area contributed by atoms with Crippen molar-refractivity contribution in [3.63, 3.8) is 0 Å². The number of rotatable bonds is 5. The van der Waals surface area contributed by atoms with E-state index < -0.39 is 0 Å². The van der Waals surface area contributed by atoms with Gasteiger partial charge in [0, 0.05) is 51.3 Å². The lowest BCUT2D eigenvalue weighted by molar-refractivity contribution is -0.0835. The number of aliphatic imine (C=N–C) groups is 1. The lowest BCUT2D eigenvalue weighted by Gasteiger charge is -2.48. The molecule has 0 bridgehead atoms. The van der Waals surface area contributed by atoms with Crippen LogP contribution in [0.5, 0.6) is 0 Å². The Labute approximate surface area is 178 Å². The zero-order valence-corrected chi connectivity index (χ0v) is 19.3. The number of morpholine rings is 1. The number of guanidine groups is 1. The molecule has 2 atom stereocenters. The molecule has 3 aliphatic rings. The monoisotopic (exact) mass is 408 g/mol. The predicted molar refractivity (Wildman–Crippen MR) is 119 cm³/mol. The third kappa shape index (κ3) is 6.08. The normalized spacial score (nSPS) is 29.4. The van der Waals surface area contributed by atoms with Crippen molar-refractivity contribution < 1.29 is 9.47 Å². The van der Waals surface area contributed by atoms with Crippen molar-refractivity contribution in [2.24, 2.45) is 16.3 Å². The minimum Gasteiger partial charge on any atom is -0.379 e. The van der Waals surface area contributed by atoms with Crippen LogP contribution in [0.25, 0.3) is 0 Å². The molecular weight excluding hydrogens is 364 g/mol. The highest BCUT2D eigenvalue weighted by atomic mass is 16.5. The lowest BCUT2D eigenvalue weighted by atomic mass is 9.78. The van der Waals surface area contributed by atoms with Crippen molar-refractivity contribution in [2.75, 3.05) is 53.0 Å². The largest absolute Gasteiger partial charge is 0.379 e. The maximum atomic E-state index is 6.15. The Bertz CT molecular complexity index is 519. The van der Waals surface area contributed by atoms with Gasteiger partial charge in [-0.1, -0.05) is 40.0 Å². The fourth-order valence-corrected chi connectivity index (χ4v) is 5.56. The van der Waals surface area contributed by atoms with Gasteiger partial charge in [-0.15, -0.1) is 0 Å². The van der Waals surface area contributed by atoms with E-state index in [-0.39, 0.29) is 11.0 Å². The molecule has 6 heteroatoms. The average molecular weight is 409 g/mol. The van der Waals surface area contributed by atoms with E-state index in [0.717, 1.165) is 58.4 Å². The molecule has 3 fully saturated rings. The smallest absolute Gasteiger partial charge is 0.191 e. The second kappa shape index (κ2) is 10.5. The number of hydrogen-bond donors (Lipinski definition) is 2. The van der Waals surface area contributed by atoms with Crippen molar-refractivity contribution in [1.29, 1.82) is 0 Å². The van der Waals surface area contributed by atoms with Crippen LogP contribution >= 0.6 is 0 Å². The molecule has 0 amide bonds. The van der Waals surface area contributed by atoms with Crippen LogP contribution in [-0.4, -0.2) is 75.5 Å². The molecular formula is C23H44N4O2. The second-order valence-corrected chi connectivity index (χ2v) is 10.3. The quantitative estimate of drug-likeness (QED) is 0.541. The van der Waals surface area contributed by atoms with Crippen molar-refractivity contribution in [3.05, 3.63) is 0 Å². The number of nitrogens with one attached hydrogen (secondary N) is 2. The minimum atomic E-state index is 0.173. The van der Waals surface area contributed by atoms with Crippen LogP contribution in [0.15, 0.2) is 4.99 Å². The van der Waals surface area contributed by atoms with Gasteiger partial charge in [-0.25, -0.2) is 0 Å². The zero-order valence-electron chi connectivity index (χ0n) is 19.3. The van der Waals surface area contributed by atoms with Crippen molar-refractivity contribution in [2.45, 2.75) is 77.4 Å². The molecule has 2 N–H and O–H groups in total. The fraction of sp³-hybridized carbons (Fsp3) is 0.957. The van der Waals surface area contributed by atoms with Crippen LogP contribution in [0.1, 0.15) is 65.7 Å². The molecule has 6 nitrogen and oxygen atoms in total. The van der Waals surface area contributed by atoms with Crippen molar-refractivity contribution >= 4 is 5.96 Å². The molecule has 0 aromatic rings. The van der Waals surface area contributed by atoms with Gasteiger partial charge in [-0.05, 0) is 31.1 Å². The van der Waals surface area contributed by atoms with Gasteiger partial charge in [0.1, 0.15) is 0 Å². The second-order valence-electron chi connectivity index (χ2n) is 10.3. The van der Waals surface area contributed by atoms with Crippen LogP contribution in [-0.2, 0) is 9.47 Å². The Morgan fingerprint density at radius 3 is 2.41 bits per heavy atom. The number of nitrogens with zero attached hydrogens (tertiary/aromatic N) is 2. The maximum absolute atomic E-state index is 6.15. The summed E-state index contributed by atoms with van der Waals surface area (Å²) in [5, 5.41) is 7.30. The molecule has 2 unspecified atom stereocenters. The zero-order chi connectivity index (χ0) is 20.7. The Morgan fingerprint density at radius 2 is 1.76 bits per heavy atom. The molecule has 3 rings (SSSR count). The lowest BCUT2D eigenvalue weighted by Crippen LogP contribution is -2.60. The SMILES string of the molecule is CN=C(NCC1CCCOC1C(C)(C)C)NCC1(N2CCOCC2)CCCCC1. The Kier molecular flexibility index (Phi) is 8.23. The molecule has 0 aromatic carbocycles. The van der Waals surface area contributed by atoms with Crippen LogP contribution in [0, 0.1) is 11.3 Å². The molecule has 0 aromatic heterocycles. The molecule has 29 heavy (non-hydrogen) atoms. The topological polar surface area (TPSA) is 58.1 Å². The van der Waals surface area contributed by atoms with E-state index in [2.05, 4.69) is 41.3 Å². The average Bonchev–Trinajstić information content (AvgIpc) is 2.75. The summed E-state index contributed by atoms with van der Waals surface area (Å²) in [7, 11) is 1.89. The van der Waals surface area contributed by atoms with Gasteiger partial charge in [0.2, 0.25) is 0 Å². The van der Waals surface area contributed by atoms with E-state index in [1.165, 1.54) is 38.5 Å². The maximum Gasteiger partial charge on any atom is 0.191 e. The molecule has 168 valence electrons. The summed E-state index contributed by atoms with van der Waals surface area (Å²) in [6.07, 6.45) is 9.28. The molecule has 2 heterocycles. The molecule has 0 spiro atoms. The highest BCUT2D eigenvalue weighted by Crippen LogP contribution is 2.35. The van der Waals surface area contributed by atoms with Crippen LogP contribution in [0.2, 0.25) is 0 Å². The Balaban J connectivity index is 1.55. The summed E-state index contributed by atoms with van der Waals surface area (Å²) in [4.78, 5) is 7.21. The van der Waals surface area contributed by atoms with Crippen LogP contribution in [0.3, 0.4) is 0 Å². The third-order valence-electron chi connectivity index (χ3n) is 7.10. The van der Waals surface area contributed by atoms with E-state index in [1.54, 1.807) is 0 Å². The van der Waals surface area contributed by atoms with Gasteiger partial charge in [0.05, 0.1) is 19.3 Å². The van der Waals surface area contributed by atoms with E-state index in [9.17, 15) is 0 Å². The minimum absolute atomic E-state index is 0.173. The Hall–Kier alpha value is -0.850. The van der Waals surface area contributed by atoms with Gasteiger partial charge in [-0.3, -0.25) is 9.89 Å². The fourth-order valence-electron chi connectivity index (χ4n) is 5.56. The van der Waals surface area contributed by atoms with Crippen molar-refractivity contribution in [1.82, 2.24) is 15.5 Å². The summed E-state index contributed by atoms with van der Waals surface area (Å²) in [5.74, 6) is 1.46. The molecule has 1 aliphatic carbocycles. The first-order valence-corrected chi connectivity index (χ1v) is 11.8.